The molecule has 3 atom stereocenters. The molecule has 0 saturated carbocycles. The fourth-order valence-electron chi connectivity index (χ4n) is 6.29. The van der Waals surface area contributed by atoms with E-state index in [1.54, 1.807) is 21.1 Å². The van der Waals surface area contributed by atoms with Crippen LogP contribution >= 0.6 is 0 Å². The third-order valence-corrected chi connectivity index (χ3v) is 7.60. The molecule has 1 saturated heterocycles. The second kappa shape index (κ2) is 7.81. The van der Waals surface area contributed by atoms with Crippen LogP contribution in [0.5, 0.6) is 0 Å². The first-order valence-corrected chi connectivity index (χ1v) is 11.7. The zero-order valence-electron chi connectivity index (χ0n) is 17.5. The van der Waals surface area contributed by atoms with Gasteiger partial charge in [0.15, 0.2) is 6.10 Å². The SMILES string of the molecule is Cc1ccc2c(c1)c1c3n2CC[NH+](C[C@H](O)C[NH+]2CCCCCC2)[C@@H]3CCC1. The summed E-state index contributed by atoms with van der Waals surface area (Å²) in [5.74, 6) is 0. The summed E-state index contributed by atoms with van der Waals surface area (Å²) in [5, 5.41) is 12.4. The molecule has 0 radical (unpaired) electrons. The highest BCUT2D eigenvalue weighted by Gasteiger charge is 2.38. The van der Waals surface area contributed by atoms with E-state index in [0.717, 1.165) is 26.2 Å². The van der Waals surface area contributed by atoms with Crippen molar-refractivity contribution < 1.29 is 14.9 Å². The molecule has 1 aliphatic carbocycles. The Morgan fingerprint density at radius 2 is 1.89 bits per heavy atom. The minimum atomic E-state index is -0.161. The Balaban J connectivity index is 1.35. The summed E-state index contributed by atoms with van der Waals surface area (Å²) < 4.78 is 2.61. The summed E-state index contributed by atoms with van der Waals surface area (Å²) in [6.45, 7) is 8.86. The molecule has 1 unspecified atom stereocenters. The predicted molar refractivity (Wildman–Crippen MR) is 113 cm³/mol. The number of aromatic nitrogens is 1. The molecule has 28 heavy (non-hydrogen) atoms. The van der Waals surface area contributed by atoms with Crippen molar-refractivity contribution in [3.05, 3.63) is 35.0 Å². The summed E-state index contributed by atoms with van der Waals surface area (Å²) in [5.41, 5.74) is 6.02. The van der Waals surface area contributed by atoms with Gasteiger partial charge in [-0.2, -0.15) is 0 Å². The van der Waals surface area contributed by atoms with Crippen molar-refractivity contribution >= 4 is 10.9 Å². The van der Waals surface area contributed by atoms with Crippen LogP contribution in [-0.4, -0.2) is 48.5 Å². The Morgan fingerprint density at radius 1 is 1.07 bits per heavy atom. The standard InChI is InChI=1S/C24H35N3O/c1-18-9-10-22-21(15-18)20-7-6-8-23-24(20)27(22)14-13-26(23)17-19(28)16-25-11-4-2-3-5-12-25/h9-10,15,19,23,28H,2-8,11-14,16-17H2,1H3/p+2/t19-,23-/m1/s1. The van der Waals surface area contributed by atoms with Gasteiger partial charge in [0.05, 0.1) is 31.9 Å². The third kappa shape index (κ3) is 3.40. The maximum absolute atomic E-state index is 10.9. The van der Waals surface area contributed by atoms with E-state index in [0.29, 0.717) is 6.04 Å². The molecule has 3 N–H and O–H groups in total. The van der Waals surface area contributed by atoms with E-state index in [1.165, 1.54) is 74.5 Å². The molecule has 5 rings (SSSR count). The highest BCUT2D eigenvalue weighted by molar-refractivity contribution is 5.86. The lowest BCUT2D eigenvalue weighted by molar-refractivity contribution is -0.949. The van der Waals surface area contributed by atoms with Crippen LogP contribution in [0, 0.1) is 6.92 Å². The zero-order valence-corrected chi connectivity index (χ0v) is 17.5. The van der Waals surface area contributed by atoms with Gasteiger partial charge in [0, 0.05) is 17.3 Å². The summed E-state index contributed by atoms with van der Waals surface area (Å²) >= 11 is 0. The molecule has 1 aromatic heterocycles. The molecule has 2 aromatic rings. The Labute approximate surface area is 169 Å². The molecule has 3 heterocycles. The van der Waals surface area contributed by atoms with Crippen LogP contribution < -0.4 is 9.80 Å². The zero-order chi connectivity index (χ0) is 19.1. The third-order valence-electron chi connectivity index (χ3n) is 7.60. The van der Waals surface area contributed by atoms with Crippen molar-refractivity contribution in [1.29, 1.82) is 0 Å². The Kier molecular flexibility index (Phi) is 5.20. The molecule has 1 aromatic carbocycles. The fourth-order valence-corrected chi connectivity index (χ4v) is 6.29. The van der Waals surface area contributed by atoms with E-state index in [2.05, 4.69) is 29.7 Å². The van der Waals surface area contributed by atoms with E-state index in [-0.39, 0.29) is 6.10 Å². The van der Waals surface area contributed by atoms with Crippen molar-refractivity contribution in [2.75, 3.05) is 32.7 Å². The number of aliphatic hydroxyl groups excluding tert-OH is 1. The molecule has 152 valence electrons. The van der Waals surface area contributed by atoms with Gasteiger partial charge in [0.25, 0.3) is 0 Å². The van der Waals surface area contributed by atoms with Crippen LogP contribution in [0.4, 0.5) is 0 Å². The van der Waals surface area contributed by atoms with Crippen LogP contribution in [-0.2, 0) is 13.0 Å². The second-order valence-electron chi connectivity index (χ2n) is 9.62. The van der Waals surface area contributed by atoms with Gasteiger partial charge in [-0.25, -0.2) is 0 Å². The quantitative estimate of drug-likeness (QED) is 0.725. The van der Waals surface area contributed by atoms with E-state index in [4.69, 9.17) is 0 Å². The molecular weight excluding hydrogens is 346 g/mol. The molecule has 0 bridgehead atoms. The second-order valence-corrected chi connectivity index (χ2v) is 9.62. The van der Waals surface area contributed by atoms with Crippen molar-refractivity contribution in [2.45, 2.75) is 70.6 Å². The Morgan fingerprint density at radius 3 is 2.71 bits per heavy atom. The minimum absolute atomic E-state index is 0.161. The van der Waals surface area contributed by atoms with Gasteiger partial charge in [0.1, 0.15) is 19.1 Å². The van der Waals surface area contributed by atoms with Crippen LogP contribution in [0.1, 0.15) is 61.4 Å². The number of quaternary nitrogens is 2. The maximum Gasteiger partial charge on any atom is 0.152 e. The number of likely N-dealkylation sites (tertiary alicyclic amines) is 1. The monoisotopic (exact) mass is 383 g/mol. The number of rotatable bonds is 4. The molecule has 2 aliphatic heterocycles. The van der Waals surface area contributed by atoms with Gasteiger partial charge < -0.3 is 19.5 Å². The highest BCUT2D eigenvalue weighted by Crippen LogP contribution is 2.37. The van der Waals surface area contributed by atoms with Gasteiger partial charge in [0.2, 0.25) is 0 Å². The van der Waals surface area contributed by atoms with Crippen molar-refractivity contribution in [2.24, 2.45) is 0 Å². The van der Waals surface area contributed by atoms with Crippen LogP contribution in [0.2, 0.25) is 0 Å². The fraction of sp³-hybridized carbons (Fsp3) is 0.667. The first kappa shape index (κ1) is 18.7. The molecule has 1 fully saturated rings. The van der Waals surface area contributed by atoms with Gasteiger partial charge in [-0.3, -0.25) is 0 Å². The van der Waals surface area contributed by atoms with Crippen LogP contribution in [0.15, 0.2) is 18.2 Å². The summed E-state index contributed by atoms with van der Waals surface area (Å²) in [7, 11) is 0. The average molecular weight is 384 g/mol. The van der Waals surface area contributed by atoms with Gasteiger partial charge in [-0.05, 0) is 63.1 Å². The summed E-state index contributed by atoms with van der Waals surface area (Å²) in [6.07, 6.45) is 9.08. The van der Waals surface area contributed by atoms with Crippen molar-refractivity contribution in [3.63, 3.8) is 0 Å². The van der Waals surface area contributed by atoms with E-state index < -0.39 is 0 Å². The predicted octanol–water partition coefficient (Wildman–Crippen LogP) is 1.05. The first-order valence-electron chi connectivity index (χ1n) is 11.7. The van der Waals surface area contributed by atoms with Crippen LogP contribution in [0.25, 0.3) is 10.9 Å². The molecule has 0 amide bonds. The number of nitrogens with one attached hydrogen (secondary N) is 2. The number of nitrogens with zero attached hydrogens (tertiary/aromatic N) is 1. The molecular formula is C24H37N3O+2. The van der Waals surface area contributed by atoms with E-state index in [9.17, 15) is 5.11 Å². The number of aryl methyl sites for hydroxylation is 2. The first-order chi connectivity index (χ1) is 13.7. The van der Waals surface area contributed by atoms with Gasteiger partial charge in [-0.15, -0.1) is 0 Å². The number of hydrogen-bond acceptors (Lipinski definition) is 1. The van der Waals surface area contributed by atoms with Gasteiger partial charge >= 0.3 is 0 Å². The van der Waals surface area contributed by atoms with Crippen molar-refractivity contribution in [1.82, 2.24) is 4.57 Å². The molecule has 4 heteroatoms. The minimum Gasteiger partial charge on any atom is -0.382 e. The highest BCUT2D eigenvalue weighted by atomic mass is 16.3. The number of fused-ring (bicyclic) bond motifs is 3. The smallest absolute Gasteiger partial charge is 0.152 e. The van der Waals surface area contributed by atoms with Crippen LogP contribution in [0.3, 0.4) is 0 Å². The number of hydrogen-bond donors (Lipinski definition) is 3. The topological polar surface area (TPSA) is 34.0 Å². The molecule has 3 aliphatic rings. The van der Waals surface area contributed by atoms with E-state index in [1.807, 2.05) is 0 Å². The Bertz CT molecular complexity index is 834. The lowest BCUT2D eigenvalue weighted by Crippen LogP contribution is -3.17. The maximum atomic E-state index is 10.9. The lowest BCUT2D eigenvalue weighted by Gasteiger charge is -2.38. The molecule has 0 spiro atoms. The number of benzene rings is 1. The number of aliphatic hydroxyl groups is 1. The Hall–Kier alpha value is -1.36. The largest absolute Gasteiger partial charge is 0.382 e. The van der Waals surface area contributed by atoms with E-state index >= 15 is 0 Å². The normalized spacial score (nSPS) is 26.8. The lowest BCUT2D eigenvalue weighted by atomic mass is 9.89. The summed E-state index contributed by atoms with van der Waals surface area (Å²) in [6, 6.07) is 7.58. The van der Waals surface area contributed by atoms with Crippen molar-refractivity contribution in [3.8, 4) is 0 Å². The summed E-state index contributed by atoms with van der Waals surface area (Å²) in [4.78, 5) is 3.27. The average Bonchev–Trinajstić information content (AvgIpc) is 2.83. The van der Waals surface area contributed by atoms with Gasteiger partial charge in [-0.1, -0.05) is 11.6 Å². The molecule has 4 nitrogen and oxygen atoms in total.